The SMILES string of the molecule is Cc1cnc(CNC2(C)CCCCC2)c(C)c1[N+](=O)[O-]. The van der Waals surface area contributed by atoms with Crippen LogP contribution in [-0.4, -0.2) is 15.4 Å². The van der Waals surface area contributed by atoms with Gasteiger partial charge in [0.2, 0.25) is 0 Å². The molecule has 1 heterocycles. The summed E-state index contributed by atoms with van der Waals surface area (Å²) in [4.78, 5) is 15.2. The molecule has 1 aromatic heterocycles. The molecule has 5 heteroatoms. The monoisotopic (exact) mass is 277 g/mol. The molecule has 2 rings (SSSR count). The number of hydrogen-bond acceptors (Lipinski definition) is 4. The van der Waals surface area contributed by atoms with Gasteiger partial charge in [0.05, 0.1) is 10.6 Å². The van der Waals surface area contributed by atoms with Gasteiger partial charge in [-0.25, -0.2) is 0 Å². The summed E-state index contributed by atoms with van der Waals surface area (Å²) in [5.74, 6) is 0. The molecule has 0 radical (unpaired) electrons. The molecule has 0 bridgehead atoms. The van der Waals surface area contributed by atoms with Crippen LogP contribution in [0.15, 0.2) is 6.20 Å². The molecule has 0 spiro atoms. The maximum absolute atomic E-state index is 11.1. The van der Waals surface area contributed by atoms with Crippen LogP contribution in [0.4, 0.5) is 5.69 Å². The first-order valence-corrected chi connectivity index (χ1v) is 7.27. The lowest BCUT2D eigenvalue weighted by atomic mass is 9.83. The Bertz CT molecular complexity index is 508. The van der Waals surface area contributed by atoms with Crippen LogP contribution in [0, 0.1) is 24.0 Å². The highest BCUT2D eigenvalue weighted by atomic mass is 16.6. The zero-order valence-corrected chi connectivity index (χ0v) is 12.5. The lowest BCUT2D eigenvalue weighted by molar-refractivity contribution is -0.386. The van der Waals surface area contributed by atoms with Crippen molar-refractivity contribution in [3.05, 3.63) is 33.1 Å². The minimum atomic E-state index is -0.307. The Labute approximate surface area is 119 Å². The molecule has 5 nitrogen and oxygen atoms in total. The third-order valence-corrected chi connectivity index (χ3v) is 4.40. The Morgan fingerprint density at radius 1 is 1.35 bits per heavy atom. The molecule has 1 aliphatic rings. The van der Waals surface area contributed by atoms with E-state index in [4.69, 9.17) is 0 Å². The second kappa shape index (κ2) is 5.87. The number of aryl methyl sites for hydroxylation is 1. The van der Waals surface area contributed by atoms with E-state index >= 15 is 0 Å². The van der Waals surface area contributed by atoms with Crippen molar-refractivity contribution in [2.24, 2.45) is 0 Å². The van der Waals surface area contributed by atoms with Gasteiger partial charge in [0, 0.05) is 29.4 Å². The van der Waals surface area contributed by atoms with Crippen LogP contribution < -0.4 is 5.32 Å². The Morgan fingerprint density at radius 2 is 2.00 bits per heavy atom. The maximum Gasteiger partial charge on any atom is 0.278 e. The Kier molecular flexibility index (Phi) is 4.38. The average Bonchev–Trinajstić information content (AvgIpc) is 2.38. The van der Waals surface area contributed by atoms with Crippen molar-refractivity contribution >= 4 is 5.69 Å². The fourth-order valence-corrected chi connectivity index (χ4v) is 3.03. The topological polar surface area (TPSA) is 68.1 Å². The number of nitrogens with one attached hydrogen (secondary N) is 1. The van der Waals surface area contributed by atoms with Gasteiger partial charge in [0.15, 0.2) is 0 Å². The first kappa shape index (κ1) is 14.9. The molecule has 20 heavy (non-hydrogen) atoms. The van der Waals surface area contributed by atoms with Gasteiger partial charge in [-0.15, -0.1) is 0 Å². The molecule has 0 aliphatic heterocycles. The summed E-state index contributed by atoms with van der Waals surface area (Å²) < 4.78 is 0. The van der Waals surface area contributed by atoms with Crippen molar-refractivity contribution in [1.82, 2.24) is 10.3 Å². The van der Waals surface area contributed by atoms with E-state index in [0.717, 1.165) is 5.69 Å². The molecule has 0 unspecified atom stereocenters. The summed E-state index contributed by atoms with van der Waals surface area (Å²) in [5.41, 5.74) is 2.44. The largest absolute Gasteiger partial charge is 0.306 e. The zero-order valence-electron chi connectivity index (χ0n) is 12.5. The van der Waals surface area contributed by atoms with E-state index < -0.39 is 0 Å². The number of nitro groups is 1. The number of pyridine rings is 1. The smallest absolute Gasteiger partial charge is 0.278 e. The molecule has 0 saturated heterocycles. The van der Waals surface area contributed by atoms with E-state index in [9.17, 15) is 10.1 Å². The lowest BCUT2D eigenvalue weighted by Gasteiger charge is -2.34. The number of aromatic nitrogens is 1. The van der Waals surface area contributed by atoms with E-state index in [0.29, 0.717) is 17.7 Å². The van der Waals surface area contributed by atoms with Gasteiger partial charge in [0.1, 0.15) is 0 Å². The molecule has 1 fully saturated rings. The van der Waals surface area contributed by atoms with Gasteiger partial charge in [0.25, 0.3) is 5.69 Å². The van der Waals surface area contributed by atoms with Gasteiger partial charge in [-0.3, -0.25) is 15.1 Å². The first-order valence-electron chi connectivity index (χ1n) is 7.27. The van der Waals surface area contributed by atoms with E-state index in [1.807, 2.05) is 0 Å². The van der Waals surface area contributed by atoms with Crippen LogP contribution in [-0.2, 0) is 6.54 Å². The molecule has 1 aliphatic carbocycles. The van der Waals surface area contributed by atoms with Crippen molar-refractivity contribution in [1.29, 1.82) is 0 Å². The highest BCUT2D eigenvalue weighted by Crippen LogP contribution is 2.29. The predicted molar refractivity (Wildman–Crippen MR) is 78.7 cm³/mol. The van der Waals surface area contributed by atoms with E-state index in [1.54, 1.807) is 20.0 Å². The molecule has 0 atom stereocenters. The van der Waals surface area contributed by atoms with Gasteiger partial charge < -0.3 is 5.32 Å². The van der Waals surface area contributed by atoms with Crippen LogP contribution in [0.5, 0.6) is 0 Å². The summed E-state index contributed by atoms with van der Waals surface area (Å²) in [5, 5.41) is 14.7. The van der Waals surface area contributed by atoms with Crippen LogP contribution in [0.1, 0.15) is 55.8 Å². The Morgan fingerprint density at radius 3 is 2.60 bits per heavy atom. The van der Waals surface area contributed by atoms with Crippen molar-refractivity contribution in [3.8, 4) is 0 Å². The van der Waals surface area contributed by atoms with Crippen molar-refractivity contribution in [3.63, 3.8) is 0 Å². The molecule has 110 valence electrons. The molecule has 1 N–H and O–H groups in total. The summed E-state index contributed by atoms with van der Waals surface area (Å²) in [6, 6.07) is 0. The maximum atomic E-state index is 11.1. The lowest BCUT2D eigenvalue weighted by Crippen LogP contribution is -2.43. The van der Waals surface area contributed by atoms with Crippen LogP contribution >= 0.6 is 0 Å². The number of hydrogen-bond donors (Lipinski definition) is 1. The normalized spacial score (nSPS) is 17.9. The van der Waals surface area contributed by atoms with E-state index in [-0.39, 0.29) is 16.1 Å². The molecule has 1 aromatic rings. The molecule has 0 aromatic carbocycles. The molecule has 0 amide bonds. The number of nitrogens with zero attached hydrogens (tertiary/aromatic N) is 2. The summed E-state index contributed by atoms with van der Waals surface area (Å²) >= 11 is 0. The predicted octanol–water partition coefficient (Wildman–Crippen LogP) is 3.42. The van der Waals surface area contributed by atoms with Crippen molar-refractivity contribution in [2.75, 3.05) is 0 Å². The van der Waals surface area contributed by atoms with Crippen LogP contribution in [0.2, 0.25) is 0 Å². The summed E-state index contributed by atoms with van der Waals surface area (Å²) in [6.07, 6.45) is 7.75. The minimum absolute atomic E-state index is 0.145. The fourth-order valence-electron chi connectivity index (χ4n) is 3.03. The standard InChI is InChI=1S/C15H23N3O2/c1-11-9-16-13(12(2)14(11)18(19)20)10-17-15(3)7-5-4-6-8-15/h9,17H,4-8,10H2,1-3H3. The molecule has 1 saturated carbocycles. The molecular weight excluding hydrogens is 254 g/mol. The second-order valence-corrected chi connectivity index (χ2v) is 6.09. The first-order chi connectivity index (χ1) is 9.43. The quantitative estimate of drug-likeness (QED) is 0.676. The third-order valence-electron chi connectivity index (χ3n) is 4.40. The van der Waals surface area contributed by atoms with Crippen molar-refractivity contribution in [2.45, 2.75) is 65.0 Å². The molecular formula is C15H23N3O2. The van der Waals surface area contributed by atoms with E-state index in [2.05, 4.69) is 17.2 Å². The highest BCUT2D eigenvalue weighted by molar-refractivity contribution is 5.47. The van der Waals surface area contributed by atoms with Gasteiger partial charge in [-0.1, -0.05) is 19.3 Å². The fraction of sp³-hybridized carbons (Fsp3) is 0.667. The second-order valence-electron chi connectivity index (χ2n) is 6.09. The van der Waals surface area contributed by atoms with Gasteiger partial charge in [-0.2, -0.15) is 0 Å². The Hall–Kier alpha value is -1.49. The van der Waals surface area contributed by atoms with Crippen LogP contribution in [0.3, 0.4) is 0 Å². The minimum Gasteiger partial charge on any atom is -0.306 e. The summed E-state index contributed by atoms with van der Waals surface area (Å²) in [6.45, 7) is 6.36. The van der Waals surface area contributed by atoms with E-state index in [1.165, 1.54) is 32.1 Å². The average molecular weight is 277 g/mol. The van der Waals surface area contributed by atoms with Gasteiger partial charge in [-0.05, 0) is 33.6 Å². The number of rotatable bonds is 4. The van der Waals surface area contributed by atoms with Crippen molar-refractivity contribution < 1.29 is 4.92 Å². The van der Waals surface area contributed by atoms with Crippen LogP contribution in [0.25, 0.3) is 0 Å². The zero-order chi connectivity index (χ0) is 14.8. The third kappa shape index (κ3) is 3.15. The van der Waals surface area contributed by atoms with Gasteiger partial charge >= 0.3 is 0 Å². The summed E-state index contributed by atoms with van der Waals surface area (Å²) in [7, 11) is 0. The Balaban J connectivity index is 2.14. The highest BCUT2D eigenvalue weighted by Gasteiger charge is 2.27.